The Morgan fingerprint density at radius 1 is 1.16 bits per heavy atom. The molecule has 1 saturated carbocycles. The molecule has 1 aromatic carbocycles. The molecule has 3 aromatic heterocycles. The Hall–Kier alpha value is -3.81. The Morgan fingerprint density at radius 2 is 2.03 bits per heavy atom. The lowest BCUT2D eigenvalue weighted by molar-refractivity contribution is 0.102. The minimum Gasteiger partial charge on any atom is -0.362 e. The van der Waals surface area contributed by atoms with Crippen molar-refractivity contribution >= 4 is 28.7 Å². The summed E-state index contributed by atoms with van der Waals surface area (Å²) in [4.78, 5) is 33.5. The van der Waals surface area contributed by atoms with Crippen LogP contribution in [0.4, 0.5) is 11.5 Å². The number of carbonyl (C=O) groups is 1. The number of carbonyl (C=O) groups excluding carboxylic acids is 1. The van der Waals surface area contributed by atoms with Gasteiger partial charge in [0.25, 0.3) is 5.91 Å². The van der Waals surface area contributed by atoms with Gasteiger partial charge in [-0.15, -0.1) is 0 Å². The van der Waals surface area contributed by atoms with Gasteiger partial charge in [0.15, 0.2) is 11.3 Å². The Labute approximate surface area is 179 Å². The third kappa shape index (κ3) is 4.23. The number of anilines is 2. The number of H-pyrrole nitrogens is 1. The quantitative estimate of drug-likeness (QED) is 0.433. The van der Waals surface area contributed by atoms with E-state index in [4.69, 9.17) is 0 Å². The second-order valence-corrected chi connectivity index (χ2v) is 8.02. The van der Waals surface area contributed by atoms with Gasteiger partial charge >= 0.3 is 0 Å². The summed E-state index contributed by atoms with van der Waals surface area (Å²) in [6, 6.07) is 9.53. The predicted octanol–water partition coefficient (Wildman–Crippen LogP) is 4.36. The van der Waals surface area contributed by atoms with Crippen LogP contribution in [0.5, 0.6) is 0 Å². The molecule has 1 amide bonds. The Kier molecular flexibility index (Phi) is 4.82. The highest BCUT2D eigenvalue weighted by molar-refractivity contribution is 6.04. The summed E-state index contributed by atoms with van der Waals surface area (Å²) in [7, 11) is 0. The zero-order valence-electron chi connectivity index (χ0n) is 17.4. The van der Waals surface area contributed by atoms with Crippen molar-refractivity contribution < 1.29 is 4.79 Å². The number of amides is 1. The highest BCUT2D eigenvalue weighted by atomic mass is 16.1. The molecule has 0 saturated heterocycles. The summed E-state index contributed by atoms with van der Waals surface area (Å²) in [5, 5.41) is 6.32. The van der Waals surface area contributed by atoms with Gasteiger partial charge in [-0.3, -0.25) is 9.78 Å². The molecule has 0 aliphatic heterocycles. The first-order valence-electron chi connectivity index (χ1n) is 10.4. The first-order valence-corrected chi connectivity index (χ1v) is 10.4. The molecule has 5 rings (SSSR count). The molecule has 1 aliphatic carbocycles. The van der Waals surface area contributed by atoms with Crippen molar-refractivity contribution in [3.8, 4) is 0 Å². The number of nitrogens with one attached hydrogen (secondary N) is 3. The van der Waals surface area contributed by atoms with E-state index in [-0.39, 0.29) is 11.9 Å². The summed E-state index contributed by atoms with van der Waals surface area (Å²) in [6.45, 7) is 3.95. The van der Waals surface area contributed by atoms with Crippen LogP contribution in [-0.2, 0) is 0 Å². The van der Waals surface area contributed by atoms with Gasteiger partial charge in [0.1, 0.15) is 11.6 Å². The van der Waals surface area contributed by atoms with Crippen molar-refractivity contribution in [3.05, 3.63) is 71.4 Å². The van der Waals surface area contributed by atoms with E-state index in [1.807, 2.05) is 44.2 Å². The zero-order valence-corrected chi connectivity index (χ0v) is 17.4. The molecule has 31 heavy (non-hydrogen) atoms. The normalized spacial score (nSPS) is 14.4. The molecule has 1 atom stereocenters. The minimum absolute atomic E-state index is 0.0323. The molecular weight excluding hydrogens is 390 g/mol. The number of aromatic amines is 1. The van der Waals surface area contributed by atoms with Crippen LogP contribution in [0.1, 0.15) is 59.0 Å². The molecule has 0 radical (unpaired) electrons. The number of imidazole rings is 1. The molecule has 4 aromatic rings. The maximum atomic E-state index is 12.5. The summed E-state index contributed by atoms with van der Waals surface area (Å²) in [5.74, 6) is 1.99. The van der Waals surface area contributed by atoms with Gasteiger partial charge < -0.3 is 15.6 Å². The molecule has 0 unspecified atom stereocenters. The van der Waals surface area contributed by atoms with Gasteiger partial charge in [-0.05, 0) is 56.0 Å². The lowest BCUT2D eigenvalue weighted by Gasteiger charge is -2.16. The molecule has 8 heteroatoms. The van der Waals surface area contributed by atoms with Crippen molar-refractivity contribution in [1.29, 1.82) is 0 Å². The van der Waals surface area contributed by atoms with Gasteiger partial charge in [-0.1, -0.05) is 12.1 Å². The topological polar surface area (TPSA) is 108 Å². The van der Waals surface area contributed by atoms with Crippen LogP contribution >= 0.6 is 0 Å². The Bertz CT molecular complexity index is 1260. The summed E-state index contributed by atoms with van der Waals surface area (Å²) in [6.07, 6.45) is 7.34. The average molecular weight is 413 g/mol. The average Bonchev–Trinajstić information content (AvgIpc) is 3.53. The molecule has 3 N–H and O–H groups in total. The van der Waals surface area contributed by atoms with Crippen molar-refractivity contribution in [3.63, 3.8) is 0 Å². The molecule has 156 valence electrons. The van der Waals surface area contributed by atoms with Gasteiger partial charge in [-0.25, -0.2) is 15.0 Å². The van der Waals surface area contributed by atoms with Crippen LogP contribution in [-0.4, -0.2) is 30.8 Å². The standard InChI is InChI=1S/C23H23N7O/c1-13-8-17(11-24-10-13)23(31)27-18-5-3-4-16(9-18)14(2)26-19-12-25-21-22(28-19)30-20(29-21)15-6-7-15/h3-5,8-12,14-15H,6-7H2,1-2H3,(H,27,31)(H2,25,26,28,29,30)/t14-/m0/s1. The summed E-state index contributed by atoms with van der Waals surface area (Å²) < 4.78 is 0. The number of hydrogen-bond donors (Lipinski definition) is 3. The van der Waals surface area contributed by atoms with E-state index in [0.29, 0.717) is 28.6 Å². The van der Waals surface area contributed by atoms with Crippen LogP contribution in [0.15, 0.2) is 48.9 Å². The van der Waals surface area contributed by atoms with E-state index in [1.165, 1.54) is 12.8 Å². The number of rotatable bonds is 6. The smallest absolute Gasteiger partial charge is 0.257 e. The number of aromatic nitrogens is 5. The highest BCUT2D eigenvalue weighted by Crippen LogP contribution is 2.38. The molecular formula is C23H23N7O. The fraction of sp³-hybridized carbons (Fsp3) is 0.261. The maximum Gasteiger partial charge on any atom is 0.257 e. The fourth-order valence-electron chi connectivity index (χ4n) is 3.50. The maximum absolute atomic E-state index is 12.5. The Balaban J connectivity index is 1.30. The lowest BCUT2D eigenvalue weighted by atomic mass is 10.1. The largest absolute Gasteiger partial charge is 0.362 e. The summed E-state index contributed by atoms with van der Waals surface area (Å²) in [5.41, 5.74) is 4.57. The molecule has 0 spiro atoms. The van der Waals surface area contributed by atoms with Crippen LogP contribution < -0.4 is 10.6 Å². The first kappa shape index (κ1) is 19.2. The molecule has 3 heterocycles. The number of fused-ring (bicyclic) bond motifs is 1. The second kappa shape index (κ2) is 7.79. The third-order valence-corrected chi connectivity index (χ3v) is 5.34. The predicted molar refractivity (Wildman–Crippen MR) is 119 cm³/mol. The van der Waals surface area contributed by atoms with Gasteiger partial charge in [0, 0.05) is 24.0 Å². The monoisotopic (exact) mass is 413 g/mol. The number of aryl methyl sites for hydroxylation is 1. The summed E-state index contributed by atoms with van der Waals surface area (Å²) >= 11 is 0. The van der Waals surface area contributed by atoms with Crippen molar-refractivity contribution in [2.75, 3.05) is 10.6 Å². The first-order chi connectivity index (χ1) is 15.0. The second-order valence-electron chi connectivity index (χ2n) is 8.02. The van der Waals surface area contributed by atoms with E-state index < -0.39 is 0 Å². The minimum atomic E-state index is -0.184. The van der Waals surface area contributed by atoms with Crippen molar-refractivity contribution in [2.24, 2.45) is 0 Å². The SMILES string of the molecule is Cc1cncc(C(=O)Nc2cccc([C@H](C)Nc3cnc4nc(C5CC5)[nH]c4n3)c2)c1. The van der Waals surface area contributed by atoms with Crippen LogP contribution in [0.25, 0.3) is 11.3 Å². The third-order valence-electron chi connectivity index (χ3n) is 5.34. The van der Waals surface area contributed by atoms with Gasteiger partial charge in [-0.2, -0.15) is 0 Å². The van der Waals surface area contributed by atoms with Crippen molar-refractivity contribution in [1.82, 2.24) is 24.9 Å². The van der Waals surface area contributed by atoms with Crippen molar-refractivity contribution in [2.45, 2.75) is 38.6 Å². The number of hydrogen-bond acceptors (Lipinski definition) is 6. The zero-order chi connectivity index (χ0) is 21.4. The molecule has 0 bridgehead atoms. The van der Waals surface area contributed by atoms with E-state index in [9.17, 15) is 4.79 Å². The molecule has 1 aliphatic rings. The van der Waals surface area contributed by atoms with Gasteiger partial charge in [0.05, 0.1) is 17.8 Å². The van der Waals surface area contributed by atoms with E-state index >= 15 is 0 Å². The number of benzene rings is 1. The molecule has 1 fully saturated rings. The highest BCUT2D eigenvalue weighted by Gasteiger charge is 2.27. The van der Waals surface area contributed by atoms with E-state index in [2.05, 4.69) is 35.6 Å². The number of nitrogens with zero attached hydrogens (tertiary/aromatic N) is 4. The number of pyridine rings is 1. The molecule has 8 nitrogen and oxygen atoms in total. The van der Waals surface area contributed by atoms with Gasteiger partial charge in [0.2, 0.25) is 0 Å². The van der Waals surface area contributed by atoms with Crippen LogP contribution in [0.2, 0.25) is 0 Å². The fourth-order valence-corrected chi connectivity index (χ4v) is 3.50. The van der Waals surface area contributed by atoms with Crippen LogP contribution in [0, 0.1) is 6.92 Å². The van der Waals surface area contributed by atoms with E-state index in [0.717, 1.165) is 22.6 Å². The van der Waals surface area contributed by atoms with E-state index in [1.54, 1.807) is 18.6 Å². The Morgan fingerprint density at radius 3 is 2.84 bits per heavy atom. The lowest BCUT2D eigenvalue weighted by Crippen LogP contribution is -2.13. The van der Waals surface area contributed by atoms with Crippen LogP contribution in [0.3, 0.4) is 0 Å².